The Morgan fingerprint density at radius 3 is 2.36 bits per heavy atom. The predicted octanol–water partition coefficient (Wildman–Crippen LogP) is 2.01. The standard InChI is InChI=1S/C23H31ClN6O3/c1-4-30(12-11-29(2)3)22(32)16-25-15-18-13-17(9-10-26-18)23(33)28-20-8-6-5-7-19(20)27-21(31)14-24/h5-10,13,25H,4,11-12,14-16H2,1-3H3,(H,27,31)(H,28,33). The minimum Gasteiger partial charge on any atom is -0.341 e. The van der Waals surface area contributed by atoms with E-state index in [1.165, 1.54) is 0 Å². The smallest absolute Gasteiger partial charge is 0.255 e. The van der Waals surface area contributed by atoms with E-state index in [2.05, 4.69) is 20.9 Å². The van der Waals surface area contributed by atoms with Crippen LogP contribution in [0.1, 0.15) is 23.0 Å². The zero-order chi connectivity index (χ0) is 24.2. The average Bonchev–Trinajstić information content (AvgIpc) is 2.80. The SMILES string of the molecule is CCN(CCN(C)C)C(=O)CNCc1cc(C(=O)Nc2ccccc2NC(=O)CCl)ccn1. The second-order valence-electron chi connectivity index (χ2n) is 7.60. The van der Waals surface area contributed by atoms with Crippen LogP contribution < -0.4 is 16.0 Å². The van der Waals surface area contributed by atoms with E-state index >= 15 is 0 Å². The van der Waals surface area contributed by atoms with Crippen molar-refractivity contribution in [2.45, 2.75) is 13.5 Å². The number of pyridine rings is 1. The lowest BCUT2D eigenvalue weighted by Crippen LogP contribution is -2.41. The molecule has 0 atom stereocenters. The van der Waals surface area contributed by atoms with E-state index in [0.717, 1.165) is 6.54 Å². The third kappa shape index (κ3) is 8.80. The Balaban J connectivity index is 1.95. The van der Waals surface area contributed by atoms with Gasteiger partial charge < -0.3 is 25.8 Å². The number of benzene rings is 1. The number of carbonyl (C=O) groups is 3. The van der Waals surface area contributed by atoms with Gasteiger partial charge in [-0.1, -0.05) is 12.1 Å². The van der Waals surface area contributed by atoms with Gasteiger partial charge in [-0.05, 0) is 45.3 Å². The molecule has 2 aromatic rings. The van der Waals surface area contributed by atoms with Gasteiger partial charge in [0.25, 0.3) is 5.91 Å². The molecule has 1 aromatic carbocycles. The first-order valence-corrected chi connectivity index (χ1v) is 11.2. The number of aromatic nitrogens is 1. The topological polar surface area (TPSA) is 107 Å². The number of likely N-dealkylation sites (N-methyl/N-ethyl adjacent to an activating group) is 2. The van der Waals surface area contributed by atoms with Gasteiger partial charge in [0.2, 0.25) is 11.8 Å². The summed E-state index contributed by atoms with van der Waals surface area (Å²) in [5.74, 6) is -0.877. The summed E-state index contributed by atoms with van der Waals surface area (Å²) in [5, 5.41) is 8.54. The minimum atomic E-state index is -0.367. The van der Waals surface area contributed by atoms with Gasteiger partial charge >= 0.3 is 0 Å². The number of anilines is 2. The van der Waals surface area contributed by atoms with E-state index in [4.69, 9.17) is 11.6 Å². The molecular weight excluding hydrogens is 444 g/mol. The minimum absolute atomic E-state index is 0.0175. The molecule has 1 aromatic heterocycles. The van der Waals surface area contributed by atoms with E-state index in [0.29, 0.717) is 42.3 Å². The Bertz CT molecular complexity index is 953. The van der Waals surface area contributed by atoms with Crippen molar-refractivity contribution in [1.29, 1.82) is 0 Å². The van der Waals surface area contributed by atoms with E-state index in [-0.39, 0.29) is 30.1 Å². The second kappa shape index (κ2) is 13.5. The largest absolute Gasteiger partial charge is 0.341 e. The van der Waals surface area contributed by atoms with Crippen LogP contribution in [-0.2, 0) is 16.1 Å². The molecule has 10 heteroatoms. The Labute approximate surface area is 199 Å². The number of hydrogen-bond donors (Lipinski definition) is 3. The van der Waals surface area contributed by atoms with Gasteiger partial charge in [0.1, 0.15) is 5.88 Å². The van der Waals surface area contributed by atoms with Crippen LogP contribution in [0.5, 0.6) is 0 Å². The molecule has 9 nitrogen and oxygen atoms in total. The van der Waals surface area contributed by atoms with Crippen molar-refractivity contribution >= 4 is 40.7 Å². The van der Waals surface area contributed by atoms with Crippen molar-refractivity contribution in [2.75, 3.05) is 56.8 Å². The van der Waals surface area contributed by atoms with Gasteiger partial charge in [-0.15, -0.1) is 11.6 Å². The molecule has 0 saturated carbocycles. The van der Waals surface area contributed by atoms with Crippen LogP contribution in [0.15, 0.2) is 42.6 Å². The average molecular weight is 475 g/mol. The van der Waals surface area contributed by atoms with Crippen LogP contribution >= 0.6 is 11.6 Å². The molecule has 1 heterocycles. The van der Waals surface area contributed by atoms with Crippen LogP contribution in [0.25, 0.3) is 0 Å². The van der Waals surface area contributed by atoms with Crippen molar-refractivity contribution in [3.8, 4) is 0 Å². The Hall–Kier alpha value is -3.01. The number of para-hydroxylation sites is 2. The van der Waals surface area contributed by atoms with Gasteiger partial charge in [-0.3, -0.25) is 19.4 Å². The highest BCUT2D eigenvalue weighted by atomic mass is 35.5. The van der Waals surface area contributed by atoms with Gasteiger partial charge in [-0.25, -0.2) is 0 Å². The number of rotatable bonds is 12. The number of nitrogens with zero attached hydrogens (tertiary/aromatic N) is 3. The third-order valence-corrected chi connectivity index (χ3v) is 5.03. The molecule has 0 radical (unpaired) electrons. The number of nitrogens with one attached hydrogen (secondary N) is 3. The number of halogens is 1. The van der Waals surface area contributed by atoms with Gasteiger partial charge in [0.05, 0.1) is 23.6 Å². The Morgan fingerprint density at radius 2 is 1.73 bits per heavy atom. The van der Waals surface area contributed by atoms with Crippen molar-refractivity contribution in [1.82, 2.24) is 20.1 Å². The number of amides is 3. The summed E-state index contributed by atoms with van der Waals surface area (Å²) in [4.78, 5) is 44.9. The van der Waals surface area contributed by atoms with E-state index in [9.17, 15) is 14.4 Å². The van der Waals surface area contributed by atoms with E-state index in [1.807, 2.05) is 25.9 Å². The van der Waals surface area contributed by atoms with E-state index < -0.39 is 0 Å². The first-order valence-electron chi connectivity index (χ1n) is 10.7. The number of carbonyl (C=O) groups excluding carboxylic acids is 3. The summed E-state index contributed by atoms with van der Waals surface area (Å²) in [5.41, 5.74) is 1.96. The molecule has 2 rings (SSSR count). The normalized spacial score (nSPS) is 10.7. The van der Waals surface area contributed by atoms with Crippen molar-refractivity contribution in [3.63, 3.8) is 0 Å². The fraction of sp³-hybridized carbons (Fsp3) is 0.391. The zero-order valence-electron chi connectivity index (χ0n) is 19.2. The van der Waals surface area contributed by atoms with Gasteiger partial charge in [-0.2, -0.15) is 0 Å². The fourth-order valence-corrected chi connectivity index (χ4v) is 3.05. The summed E-state index contributed by atoms with van der Waals surface area (Å²) in [7, 11) is 3.94. The van der Waals surface area contributed by atoms with Crippen molar-refractivity contribution in [2.24, 2.45) is 0 Å². The first kappa shape index (κ1) is 26.2. The van der Waals surface area contributed by atoms with Gasteiger partial charge in [0.15, 0.2) is 0 Å². The molecular formula is C23H31ClN6O3. The Kier molecular flexibility index (Phi) is 10.8. The second-order valence-corrected chi connectivity index (χ2v) is 7.86. The van der Waals surface area contributed by atoms with E-state index in [1.54, 1.807) is 47.5 Å². The highest BCUT2D eigenvalue weighted by Crippen LogP contribution is 2.22. The summed E-state index contributed by atoms with van der Waals surface area (Å²) < 4.78 is 0. The Morgan fingerprint density at radius 1 is 1.03 bits per heavy atom. The molecule has 0 aliphatic rings. The lowest BCUT2D eigenvalue weighted by Gasteiger charge is -2.23. The summed E-state index contributed by atoms with van der Waals surface area (Å²) in [6.45, 7) is 4.61. The van der Waals surface area contributed by atoms with Crippen LogP contribution in [0.4, 0.5) is 11.4 Å². The maximum absolute atomic E-state index is 12.7. The quantitative estimate of drug-likeness (QED) is 0.406. The predicted molar refractivity (Wildman–Crippen MR) is 130 cm³/mol. The number of hydrogen-bond acceptors (Lipinski definition) is 6. The maximum Gasteiger partial charge on any atom is 0.255 e. The molecule has 178 valence electrons. The first-order chi connectivity index (χ1) is 15.8. The molecule has 0 aliphatic heterocycles. The van der Waals surface area contributed by atoms with Crippen LogP contribution in [-0.4, -0.2) is 78.7 Å². The lowest BCUT2D eigenvalue weighted by molar-refractivity contribution is -0.130. The molecule has 0 saturated heterocycles. The van der Waals surface area contributed by atoms with Crippen LogP contribution in [0, 0.1) is 0 Å². The van der Waals surface area contributed by atoms with Crippen LogP contribution in [0.2, 0.25) is 0 Å². The molecule has 33 heavy (non-hydrogen) atoms. The lowest BCUT2D eigenvalue weighted by atomic mass is 10.2. The zero-order valence-corrected chi connectivity index (χ0v) is 20.0. The molecule has 0 bridgehead atoms. The molecule has 3 N–H and O–H groups in total. The highest BCUT2D eigenvalue weighted by Gasteiger charge is 2.13. The summed E-state index contributed by atoms with van der Waals surface area (Å²) in [6, 6.07) is 10.1. The molecule has 0 unspecified atom stereocenters. The number of alkyl halides is 1. The van der Waals surface area contributed by atoms with Crippen molar-refractivity contribution < 1.29 is 14.4 Å². The van der Waals surface area contributed by atoms with Crippen molar-refractivity contribution in [3.05, 3.63) is 53.9 Å². The highest BCUT2D eigenvalue weighted by molar-refractivity contribution is 6.29. The third-order valence-electron chi connectivity index (χ3n) is 4.78. The summed E-state index contributed by atoms with van der Waals surface area (Å²) >= 11 is 5.55. The monoisotopic (exact) mass is 474 g/mol. The molecule has 0 aliphatic carbocycles. The summed E-state index contributed by atoms with van der Waals surface area (Å²) in [6.07, 6.45) is 1.55. The van der Waals surface area contributed by atoms with Gasteiger partial charge in [0, 0.05) is 37.9 Å². The molecule has 0 spiro atoms. The van der Waals surface area contributed by atoms with Crippen LogP contribution in [0.3, 0.4) is 0 Å². The molecule has 0 fully saturated rings. The molecule has 3 amide bonds. The fourth-order valence-electron chi connectivity index (χ4n) is 2.98. The maximum atomic E-state index is 12.7.